The molecule has 0 radical (unpaired) electrons. The highest BCUT2D eigenvalue weighted by Gasteiger charge is 2.40. The first-order valence-corrected chi connectivity index (χ1v) is 5.41. The van der Waals surface area contributed by atoms with Crippen molar-refractivity contribution >= 4 is 11.9 Å². The van der Waals surface area contributed by atoms with Crippen LogP contribution < -0.4 is 10.6 Å². The molecule has 1 rings (SSSR count). The Labute approximate surface area is 94.0 Å². The third kappa shape index (κ3) is 2.51. The third-order valence-electron chi connectivity index (χ3n) is 3.19. The molecule has 0 aromatic heterocycles. The summed E-state index contributed by atoms with van der Waals surface area (Å²) in [6.45, 7) is 2.64. The van der Waals surface area contributed by atoms with E-state index in [1.165, 1.54) is 0 Å². The van der Waals surface area contributed by atoms with Crippen LogP contribution in [-0.2, 0) is 9.59 Å². The van der Waals surface area contributed by atoms with Gasteiger partial charge in [0.25, 0.3) is 0 Å². The van der Waals surface area contributed by atoms with Crippen LogP contribution in [0, 0.1) is 5.41 Å². The minimum atomic E-state index is -1.21. The van der Waals surface area contributed by atoms with Crippen LogP contribution in [0.25, 0.3) is 0 Å². The van der Waals surface area contributed by atoms with Crippen LogP contribution in [0.3, 0.4) is 0 Å². The average Bonchev–Trinajstić information content (AvgIpc) is 2.74. The highest BCUT2D eigenvalue weighted by Crippen LogP contribution is 2.29. The standard InChI is InChI=1S/C10H18N2O4/c1-2-10(3-4-11-6-10)9(16)12-7(5-13)8(14)15/h7,11,13H,2-6H2,1H3,(H,12,16)(H,14,15). The number of carbonyl (C=O) groups excluding carboxylic acids is 1. The monoisotopic (exact) mass is 230 g/mol. The summed E-state index contributed by atoms with van der Waals surface area (Å²) in [6.07, 6.45) is 1.36. The first-order chi connectivity index (χ1) is 7.55. The predicted molar refractivity (Wildman–Crippen MR) is 56.9 cm³/mol. The number of aliphatic hydroxyl groups is 1. The molecule has 6 nitrogen and oxygen atoms in total. The summed E-state index contributed by atoms with van der Waals surface area (Å²) < 4.78 is 0. The Morgan fingerprint density at radius 1 is 1.56 bits per heavy atom. The Bertz CT molecular complexity index is 274. The van der Waals surface area contributed by atoms with Gasteiger partial charge in [0.1, 0.15) is 6.04 Å². The second kappa shape index (κ2) is 5.27. The highest BCUT2D eigenvalue weighted by atomic mass is 16.4. The molecule has 0 aliphatic carbocycles. The number of hydrogen-bond acceptors (Lipinski definition) is 4. The van der Waals surface area contributed by atoms with Gasteiger partial charge in [0, 0.05) is 6.54 Å². The fraction of sp³-hybridized carbons (Fsp3) is 0.800. The fourth-order valence-corrected chi connectivity index (χ4v) is 1.90. The minimum absolute atomic E-state index is 0.290. The third-order valence-corrected chi connectivity index (χ3v) is 3.19. The molecular formula is C10H18N2O4. The van der Waals surface area contributed by atoms with Crippen molar-refractivity contribution in [1.29, 1.82) is 0 Å². The summed E-state index contributed by atoms with van der Waals surface area (Å²) in [5.41, 5.74) is -0.525. The SMILES string of the molecule is CCC1(C(=O)NC(CO)C(=O)O)CCNC1. The molecule has 0 bridgehead atoms. The molecule has 16 heavy (non-hydrogen) atoms. The first kappa shape index (κ1) is 12.9. The highest BCUT2D eigenvalue weighted by molar-refractivity contribution is 5.87. The maximum absolute atomic E-state index is 11.9. The second-order valence-corrected chi connectivity index (χ2v) is 4.11. The van der Waals surface area contributed by atoms with E-state index in [4.69, 9.17) is 10.2 Å². The number of carboxylic acid groups (broad SMARTS) is 1. The van der Waals surface area contributed by atoms with Gasteiger partial charge in [0.15, 0.2) is 0 Å². The van der Waals surface area contributed by atoms with Gasteiger partial charge >= 0.3 is 5.97 Å². The molecule has 1 fully saturated rings. The van der Waals surface area contributed by atoms with Gasteiger partial charge in [-0.15, -0.1) is 0 Å². The first-order valence-electron chi connectivity index (χ1n) is 5.41. The van der Waals surface area contributed by atoms with Gasteiger partial charge in [-0.05, 0) is 19.4 Å². The van der Waals surface area contributed by atoms with Crippen LogP contribution in [0.5, 0.6) is 0 Å². The van der Waals surface area contributed by atoms with Crippen molar-refractivity contribution in [2.45, 2.75) is 25.8 Å². The van der Waals surface area contributed by atoms with E-state index in [2.05, 4.69) is 10.6 Å². The van der Waals surface area contributed by atoms with Crippen molar-refractivity contribution in [3.8, 4) is 0 Å². The van der Waals surface area contributed by atoms with E-state index in [-0.39, 0.29) is 5.91 Å². The Hall–Kier alpha value is -1.14. The molecule has 1 amide bonds. The van der Waals surface area contributed by atoms with E-state index in [0.717, 1.165) is 6.54 Å². The lowest BCUT2D eigenvalue weighted by Gasteiger charge is -2.26. The lowest BCUT2D eigenvalue weighted by atomic mass is 9.83. The van der Waals surface area contributed by atoms with Gasteiger partial charge in [0.05, 0.1) is 12.0 Å². The number of aliphatic hydroxyl groups excluding tert-OH is 1. The van der Waals surface area contributed by atoms with E-state index in [1.54, 1.807) is 0 Å². The molecule has 4 N–H and O–H groups in total. The van der Waals surface area contributed by atoms with E-state index in [1.807, 2.05) is 6.92 Å². The fourth-order valence-electron chi connectivity index (χ4n) is 1.90. The van der Waals surface area contributed by atoms with E-state index < -0.39 is 24.0 Å². The Kier molecular flexibility index (Phi) is 4.26. The Morgan fingerprint density at radius 3 is 2.62 bits per heavy atom. The number of carbonyl (C=O) groups is 2. The van der Waals surface area contributed by atoms with Crippen LogP contribution in [0.15, 0.2) is 0 Å². The predicted octanol–water partition coefficient (Wildman–Crippen LogP) is -1.06. The molecule has 0 spiro atoms. The van der Waals surface area contributed by atoms with Gasteiger partial charge in [0.2, 0.25) is 5.91 Å². The topological polar surface area (TPSA) is 98.7 Å². The van der Waals surface area contributed by atoms with Gasteiger partial charge in [-0.1, -0.05) is 6.92 Å². The number of rotatable bonds is 5. The van der Waals surface area contributed by atoms with E-state index >= 15 is 0 Å². The molecule has 6 heteroatoms. The van der Waals surface area contributed by atoms with Gasteiger partial charge in [-0.3, -0.25) is 4.79 Å². The van der Waals surface area contributed by atoms with Crippen molar-refractivity contribution in [2.75, 3.05) is 19.7 Å². The molecule has 0 saturated carbocycles. The van der Waals surface area contributed by atoms with Crippen molar-refractivity contribution in [2.24, 2.45) is 5.41 Å². The van der Waals surface area contributed by atoms with Crippen molar-refractivity contribution in [3.63, 3.8) is 0 Å². The molecule has 2 unspecified atom stereocenters. The van der Waals surface area contributed by atoms with Crippen molar-refractivity contribution in [3.05, 3.63) is 0 Å². The van der Waals surface area contributed by atoms with Crippen molar-refractivity contribution < 1.29 is 19.8 Å². The summed E-state index contributed by atoms with van der Waals surface area (Å²) in [5.74, 6) is -1.51. The smallest absolute Gasteiger partial charge is 0.328 e. The lowest BCUT2D eigenvalue weighted by molar-refractivity contribution is -0.144. The quantitative estimate of drug-likeness (QED) is 0.482. The number of carboxylic acids is 1. The maximum atomic E-state index is 11.9. The largest absolute Gasteiger partial charge is 0.480 e. The van der Waals surface area contributed by atoms with Crippen LogP contribution >= 0.6 is 0 Å². The molecule has 2 atom stereocenters. The normalized spacial score (nSPS) is 26.4. The van der Waals surface area contributed by atoms with Crippen molar-refractivity contribution in [1.82, 2.24) is 10.6 Å². The zero-order chi connectivity index (χ0) is 12.2. The molecule has 1 aliphatic rings. The van der Waals surface area contributed by atoms with Crippen LogP contribution in [0.1, 0.15) is 19.8 Å². The number of aliphatic carboxylic acids is 1. The summed E-state index contributed by atoms with van der Waals surface area (Å²) in [7, 11) is 0. The zero-order valence-corrected chi connectivity index (χ0v) is 9.32. The summed E-state index contributed by atoms with van der Waals surface area (Å²) in [5, 5.41) is 23.0. The summed E-state index contributed by atoms with van der Waals surface area (Å²) in [4.78, 5) is 22.6. The minimum Gasteiger partial charge on any atom is -0.480 e. The van der Waals surface area contributed by atoms with Gasteiger partial charge in [-0.2, -0.15) is 0 Å². The molecule has 0 aromatic carbocycles. The maximum Gasteiger partial charge on any atom is 0.328 e. The molecule has 1 saturated heterocycles. The number of nitrogens with one attached hydrogen (secondary N) is 2. The summed E-state index contributed by atoms with van der Waals surface area (Å²) in [6, 6.07) is -1.21. The summed E-state index contributed by atoms with van der Waals surface area (Å²) >= 11 is 0. The molecule has 1 aliphatic heterocycles. The number of amides is 1. The van der Waals surface area contributed by atoms with E-state index in [0.29, 0.717) is 19.4 Å². The van der Waals surface area contributed by atoms with Crippen LogP contribution in [0.2, 0.25) is 0 Å². The molecule has 92 valence electrons. The van der Waals surface area contributed by atoms with Crippen LogP contribution in [0.4, 0.5) is 0 Å². The molecule has 1 heterocycles. The van der Waals surface area contributed by atoms with Gasteiger partial charge in [-0.25, -0.2) is 4.79 Å². The van der Waals surface area contributed by atoms with Gasteiger partial charge < -0.3 is 20.8 Å². The lowest BCUT2D eigenvalue weighted by Crippen LogP contribution is -2.50. The zero-order valence-electron chi connectivity index (χ0n) is 9.32. The average molecular weight is 230 g/mol. The Morgan fingerprint density at radius 2 is 2.25 bits per heavy atom. The Balaban J connectivity index is 2.65. The molecule has 0 aromatic rings. The van der Waals surface area contributed by atoms with Crippen LogP contribution in [-0.4, -0.2) is 47.8 Å². The van der Waals surface area contributed by atoms with E-state index in [9.17, 15) is 9.59 Å². The molecular weight excluding hydrogens is 212 g/mol. The second-order valence-electron chi connectivity index (χ2n) is 4.11. The number of hydrogen-bond donors (Lipinski definition) is 4.